The van der Waals surface area contributed by atoms with E-state index in [4.69, 9.17) is 5.73 Å². The Morgan fingerprint density at radius 1 is 1.29 bits per heavy atom. The number of aromatic nitrogens is 1. The van der Waals surface area contributed by atoms with Crippen LogP contribution in [-0.4, -0.2) is 16.2 Å². The molecule has 21 heavy (non-hydrogen) atoms. The highest BCUT2D eigenvalue weighted by Crippen LogP contribution is 2.31. The molecule has 6 heteroatoms. The van der Waals surface area contributed by atoms with E-state index < -0.39 is 11.5 Å². The highest BCUT2D eigenvalue weighted by atomic mass is 32.2. The fourth-order valence-electron chi connectivity index (χ4n) is 2.42. The Balaban J connectivity index is 2.31. The Morgan fingerprint density at radius 2 is 2.00 bits per heavy atom. The van der Waals surface area contributed by atoms with Crippen LogP contribution in [0.1, 0.15) is 22.3 Å². The van der Waals surface area contributed by atoms with E-state index in [1.165, 1.54) is 28.8 Å². The van der Waals surface area contributed by atoms with Crippen molar-refractivity contribution in [3.05, 3.63) is 57.6 Å². The van der Waals surface area contributed by atoms with E-state index in [1.54, 1.807) is 17.8 Å². The second kappa shape index (κ2) is 5.37. The fourth-order valence-corrected chi connectivity index (χ4v) is 3.57. The summed E-state index contributed by atoms with van der Waals surface area (Å²) in [6.45, 7) is 0. The van der Waals surface area contributed by atoms with Crippen molar-refractivity contribution < 1.29 is 9.18 Å². The van der Waals surface area contributed by atoms with Crippen molar-refractivity contribution in [2.75, 3.05) is 5.75 Å². The van der Waals surface area contributed by atoms with Crippen LogP contribution in [0, 0.1) is 5.82 Å². The fraction of sp³-hybridized carbons (Fsp3) is 0.200. The second-order valence-corrected chi connectivity index (χ2v) is 5.91. The monoisotopic (exact) mass is 304 g/mol. The van der Waals surface area contributed by atoms with Gasteiger partial charge in [0.15, 0.2) is 0 Å². The number of thioether (sulfide) groups is 1. The molecule has 1 aromatic carbocycles. The number of hydrogen-bond donors (Lipinski definition) is 1. The minimum absolute atomic E-state index is 0.0272. The van der Waals surface area contributed by atoms with E-state index in [1.807, 2.05) is 0 Å². The van der Waals surface area contributed by atoms with Gasteiger partial charge in [0, 0.05) is 5.69 Å². The lowest BCUT2D eigenvalue weighted by molar-refractivity contribution is 0.0998. The van der Waals surface area contributed by atoms with Crippen LogP contribution in [-0.2, 0) is 6.42 Å². The number of carbonyl (C=O) groups excluding carboxylic acids is 1. The third kappa shape index (κ3) is 2.47. The molecule has 0 saturated heterocycles. The summed E-state index contributed by atoms with van der Waals surface area (Å²) in [7, 11) is 0. The van der Waals surface area contributed by atoms with E-state index in [2.05, 4.69) is 0 Å². The number of primary amides is 1. The summed E-state index contributed by atoms with van der Waals surface area (Å²) in [6.07, 6.45) is 1.78. The van der Waals surface area contributed by atoms with Crippen LogP contribution in [0.25, 0.3) is 5.69 Å². The van der Waals surface area contributed by atoms with Crippen molar-refractivity contribution in [3.63, 3.8) is 0 Å². The molecule has 1 aliphatic rings. The van der Waals surface area contributed by atoms with Crippen LogP contribution in [0.5, 0.6) is 0 Å². The molecule has 0 bridgehead atoms. The van der Waals surface area contributed by atoms with Crippen LogP contribution < -0.4 is 11.3 Å². The highest BCUT2D eigenvalue weighted by Gasteiger charge is 2.21. The van der Waals surface area contributed by atoms with Gasteiger partial charge in [-0.05, 0) is 54.5 Å². The number of benzene rings is 1. The first-order valence-corrected chi connectivity index (χ1v) is 7.54. The van der Waals surface area contributed by atoms with Crippen LogP contribution in [0.4, 0.5) is 4.39 Å². The molecule has 0 unspecified atom stereocenters. The standard InChI is InChI=1S/C15H13FN2O2S/c16-10-3-5-11(6-4-10)18-14(20)12(13(17)19)8-9-2-1-7-21-15(9)18/h3-6,8H,1-2,7H2,(H2,17,19). The zero-order chi connectivity index (χ0) is 15.0. The molecule has 1 aromatic heterocycles. The molecule has 0 radical (unpaired) electrons. The maximum atomic E-state index is 13.1. The minimum atomic E-state index is -0.741. The molecule has 108 valence electrons. The summed E-state index contributed by atoms with van der Waals surface area (Å²) in [4.78, 5) is 24.0. The molecule has 0 fully saturated rings. The van der Waals surface area contributed by atoms with Gasteiger partial charge in [-0.15, -0.1) is 11.8 Å². The summed E-state index contributed by atoms with van der Waals surface area (Å²) in [6, 6.07) is 7.22. The van der Waals surface area contributed by atoms with Crippen LogP contribution >= 0.6 is 11.8 Å². The van der Waals surface area contributed by atoms with Gasteiger partial charge in [-0.25, -0.2) is 4.39 Å². The average Bonchev–Trinajstić information content (AvgIpc) is 2.48. The first-order chi connectivity index (χ1) is 10.1. The zero-order valence-electron chi connectivity index (χ0n) is 11.1. The third-order valence-corrected chi connectivity index (χ3v) is 4.62. The van der Waals surface area contributed by atoms with Crippen molar-refractivity contribution in [1.29, 1.82) is 0 Å². The Hall–Kier alpha value is -2.08. The van der Waals surface area contributed by atoms with Crippen molar-refractivity contribution in [1.82, 2.24) is 4.57 Å². The van der Waals surface area contributed by atoms with E-state index in [0.29, 0.717) is 5.69 Å². The molecule has 0 spiro atoms. The Bertz CT molecular complexity index is 768. The summed E-state index contributed by atoms with van der Waals surface area (Å²) in [5, 5.41) is 0.808. The summed E-state index contributed by atoms with van der Waals surface area (Å²) in [5.74, 6) is -0.211. The van der Waals surface area contributed by atoms with Gasteiger partial charge in [-0.1, -0.05) is 0 Å². The molecular weight excluding hydrogens is 291 g/mol. The van der Waals surface area contributed by atoms with Gasteiger partial charge in [0.25, 0.3) is 11.5 Å². The number of carbonyl (C=O) groups is 1. The van der Waals surface area contributed by atoms with Crippen LogP contribution in [0.2, 0.25) is 0 Å². The molecule has 1 aliphatic heterocycles. The second-order valence-electron chi connectivity index (χ2n) is 4.82. The van der Waals surface area contributed by atoms with Gasteiger partial charge in [0.05, 0.1) is 5.03 Å². The molecule has 4 nitrogen and oxygen atoms in total. The summed E-state index contributed by atoms with van der Waals surface area (Å²) in [5.41, 5.74) is 6.29. The number of pyridine rings is 1. The number of fused-ring (bicyclic) bond motifs is 1. The molecule has 0 saturated carbocycles. The normalized spacial score (nSPS) is 13.8. The molecule has 0 aliphatic carbocycles. The predicted octanol–water partition coefficient (Wildman–Crippen LogP) is 2.11. The van der Waals surface area contributed by atoms with Gasteiger partial charge in [-0.3, -0.25) is 14.2 Å². The minimum Gasteiger partial charge on any atom is -0.365 e. The maximum Gasteiger partial charge on any atom is 0.268 e. The average molecular weight is 304 g/mol. The quantitative estimate of drug-likeness (QED) is 0.924. The number of hydrogen-bond acceptors (Lipinski definition) is 3. The van der Waals surface area contributed by atoms with Crippen molar-refractivity contribution in [2.24, 2.45) is 5.73 Å². The lowest BCUT2D eigenvalue weighted by Crippen LogP contribution is -2.31. The van der Waals surface area contributed by atoms with Gasteiger partial charge >= 0.3 is 0 Å². The van der Waals surface area contributed by atoms with Gasteiger partial charge < -0.3 is 5.73 Å². The smallest absolute Gasteiger partial charge is 0.268 e. The number of amides is 1. The van der Waals surface area contributed by atoms with E-state index in [0.717, 1.165) is 29.2 Å². The molecule has 3 rings (SSSR count). The zero-order valence-corrected chi connectivity index (χ0v) is 12.0. The molecule has 0 atom stereocenters. The van der Waals surface area contributed by atoms with E-state index >= 15 is 0 Å². The largest absolute Gasteiger partial charge is 0.365 e. The number of rotatable bonds is 2. The Kier molecular flexibility index (Phi) is 3.55. The Morgan fingerprint density at radius 3 is 2.67 bits per heavy atom. The SMILES string of the molecule is NC(=O)c1cc2c(n(-c3ccc(F)cc3)c1=O)SCCC2. The van der Waals surface area contributed by atoms with E-state index in [-0.39, 0.29) is 11.4 Å². The van der Waals surface area contributed by atoms with E-state index in [9.17, 15) is 14.0 Å². The lowest BCUT2D eigenvalue weighted by Gasteiger charge is -2.21. The van der Waals surface area contributed by atoms with Gasteiger partial charge in [0.1, 0.15) is 11.4 Å². The number of aryl methyl sites for hydroxylation is 1. The molecule has 1 amide bonds. The maximum absolute atomic E-state index is 13.1. The van der Waals surface area contributed by atoms with Crippen molar-refractivity contribution in [2.45, 2.75) is 17.9 Å². The molecule has 2 heterocycles. The Labute approximate surface area is 124 Å². The highest BCUT2D eigenvalue weighted by molar-refractivity contribution is 7.99. The number of halogens is 1. The molecule has 2 aromatic rings. The number of nitrogens with two attached hydrogens (primary N) is 1. The van der Waals surface area contributed by atoms with Crippen molar-refractivity contribution >= 4 is 17.7 Å². The summed E-state index contributed by atoms with van der Waals surface area (Å²) >= 11 is 1.57. The lowest BCUT2D eigenvalue weighted by atomic mass is 10.1. The predicted molar refractivity (Wildman–Crippen MR) is 79.6 cm³/mol. The van der Waals surface area contributed by atoms with Crippen LogP contribution in [0.3, 0.4) is 0 Å². The first kappa shape index (κ1) is 13.9. The number of nitrogens with zero attached hydrogens (tertiary/aromatic N) is 1. The molecular formula is C15H13FN2O2S. The topological polar surface area (TPSA) is 65.1 Å². The van der Waals surface area contributed by atoms with Gasteiger partial charge in [0.2, 0.25) is 0 Å². The van der Waals surface area contributed by atoms with Crippen LogP contribution in [0.15, 0.2) is 40.2 Å². The summed E-state index contributed by atoms with van der Waals surface area (Å²) < 4.78 is 14.5. The van der Waals surface area contributed by atoms with Crippen molar-refractivity contribution in [3.8, 4) is 5.69 Å². The van der Waals surface area contributed by atoms with Gasteiger partial charge in [-0.2, -0.15) is 0 Å². The first-order valence-electron chi connectivity index (χ1n) is 6.55. The molecule has 2 N–H and O–H groups in total. The third-order valence-electron chi connectivity index (χ3n) is 3.41.